The minimum Gasteiger partial charge on any atom is -0.465 e. The first-order chi connectivity index (χ1) is 12.5. The molecule has 0 radical (unpaired) electrons. The number of aryl methyl sites for hydroxylation is 1. The molecule has 1 aromatic carbocycles. The Morgan fingerprint density at radius 2 is 2.15 bits per heavy atom. The van der Waals surface area contributed by atoms with Gasteiger partial charge in [-0.2, -0.15) is 10.2 Å². The van der Waals surface area contributed by atoms with E-state index in [4.69, 9.17) is 9.78 Å². The number of rotatable bonds is 4. The molecule has 0 aliphatic carbocycles. The number of ether oxygens (including phenoxy) is 1. The smallest absolute Gasteiger partial charge is 0.339 e. The molecule has 0 atom stereocenters. The number of carbonyl (C=O) groups excluding carboxylic acids is 1. The van der Waals surface area contributed by atoms with Crippen LogP contribution in [-0.2, 0) is 11.3 Å². The summed E-state index contributed by atoms with van der Waals surface area (Å²) in [4.78, 5) is 28.3. The Morgan fingerprint density at radius 3 is 2.85 bits per heavy atom. The third-order valence-electron chi connectivity index (χ3n) is 3.79. The third kappa shape index (κ3) is 3.23. The van der Waals surface area contributed by atoms with Crippen molar-refractivity contribution in [3.05, 3.63) is 69.5 Å². The molecule has 0 N–H and O–H groups in total. The first kappa shape index (κ1) is 17.1. The van der Waals surface area contributed by atoms with E-state index in [-0.39, 0.29) is 23.6 Å². The molecule has 130 valence electrons. The van der Waals surface area contributed by atoms with Crippen molar-refractivity contribution in [3.63, 3.8) is 0 Å². The minimum atomic E-state index is -0.652. The lowest BCUT2D eigenvalue weighted by Crippen LogP contribution is -2.24. The summed E-state index contributed by atoms with van der Waals surface area (Å²) < 4.78 is 11.0. The average molecular weight is 350 g/mol. The van der Waals surface area contributed by atoms with Crippen molar-refractivity contribution < 1.29 is 14.1 Å². The number of hydrogen-bond acceptors (Lipinski definition) is 7. The summed E-state index contributed by atoms with van der Waals surface area (Å²) in [5.74, 6) is -0.0755. The van der Waals surface area contributed by atoms with Crippen LogP contribution in [0.15, 0.2) is 45.8 Å². The molecule has 0 saturated carbocycles. The first-order valence-corrected chi connectivity index (χ1v) is 7.65. The van der Waals surface area contributed by atoms with Crippen molar-refractivity contribution >= 4 is 5.97 Å². The van der Waals surface area contributed by atoms with Crippen molar-refractivity contribution in [1.82, 2.24) is 14.7 Å². The Bertz CT molecular complexity index is 1080. The molecule has 0 fully saturated rings. The normalized spacial score (nSPS) is 10.3. The van der Waals surface area contributed by atoms with Crippen LogP contribution >= 0.6 is 0 Å². The van der Waals surface area contributed by atoms with Crippen LogP contribution in [0.25, 0.3) is 11.4 Å². The van der Waals surface area contributed by atoms with Gasteiger partial charge in [0.1, 0.15) is 18.2 Å². The predicted molar refractivity (Wildman–Crippen MR) is 90.3 cm³/mol. The summed E-state index contributed by atoms with van der Waals surface area (Å²) in [5.41, 5.74) is 1.15. The summed E-state index contributed by atoms with van der Waals surface area (Å²) in [7, 11) is 1.22. The zero-order valence-electron chi connectivity index (χ0n) is 14.1. The maximum absolute atomic E-state index is 12.3. The fourth-order valence-electron chi connectivity index (χ4n) is 2.46. The number of nitriles is 1. The number of esters is 1. The lowest BCUT2D eigenvalue weighted by molar-refractivity contribution is 0.0599. The van der Waals surface area contributed by atoms with Gasteiger partial charge in [-0.15, -0.1) is 0 Å². The quantitative estimate of drug-likeness (QED) is 0.661. The Balaban J connectivity index is 1.97. The van der Waals surface area contributed by atoms with Gasteiger partial charge in [0.2, 0.25) is 11.7 Å². The predicted octanol–water partition coefficient (Wildman–Crippen LogP) is 1.91. The molecule has 2 heterocycles. The van der Waals surface area contributed by atoms with Gasteiger partial charge >= 0.3 is 5.97 Å². The fraction of sp³-hybridized carbons (Fsp3) is 0.167. The molecule has 0 unspecified atom stereocenters. The molecule has 3 rings (SSSR count). The van der Waals surface area contributed by atoms with Crippen LogP contribution in [0.5, 0.6) is 0 Å². The van der Waals surface area contributed by atoms with E-state index in [1.54, 1.807) is 6.07 Å². The van der Waals surface area contributed by atoms with Gasteiger partial charge in [-0.3, -0.25) is 4.79 Å². The van der Waals surface area contributed by atoms with Gasteiger partial charge in [-0.1, -0.05) is 29.4 Å². The SMILES string of the molecule is COC(=O)c1cc(C#N)c(=O)n(Cc2nc(-c3ccccc3C)no2)c1. The van der Waals surface area contributed by atoms with E-state index in [0.29, 0.717) is 5.82 Å². The molecule has 0 saturated heterocycles. The van der Waals surface area contributed by atoms with Crippen molar-refractivity contribution in [1.29, 1.82) is 5.26 Å². The Kier molecular flexibility index (Phi) is 4.62. The van der Waals surface area contributed by atoms with Gasteiger partial charge in [-0.25, -0.2) is 4.79 Å². The van der Waals surface area contributed by atoms with Crippen LogP contribution in [0.4, 0.5) is 0 Å². The molecule has 0 aliphatic heterocycles. The second-order valence-electron chi connectivity index (χ2n) is 5.51. The summed E-state index contributed by atoms with van der Waals surface area (Å²) >= 11 is 0. The highest BCUT2D eigenvalue weighted by Gasteiger charge is 2.16. The van der Waals surface area contributed by atoms with Crippen LogP contribution in [-0.4, -0.2) is 27.8 Å². The second-order valence-corrected chi connectivity index (χ2v) is 5.51. The van der Waals surface area contributed by atoms with E-state index < -0.39 is 11.5 Å². The number of carbonyl (C=O) groups is 1. The molecule has 3 aromatic rings. The lowest BCUT2D eigenvalue weighted by atomic mass is 10.1. The summed E-state index contributed by atoms with van der Waals surface area (Å²) in [6.45, 7) is 1.85. The van der Waals surface area contributed by atoms with Crippen LogP contribution in [0, 0.1) is 18.3 Å². The zero-order valence-corrected chi connectivity index (χ0v) is 14.1. The second kappa shape index (κ2) is 7.03. The van der Waals surface area contributed by atoms with Gasteiger partial charge in [-0.05, 0) is 18.6 Å². The van der Waals surface area contributed by atoms with E-state index in [2.05, 4.69) is 14.9 Å². The Hall–Kier alpha value is -3.73. The van der Waals surface area contributed by atoms with Gasteiger partial charge in [0, 0.05) is 11.8 Å². The topological polar surface area (TPSA) is 111 Å². The summed E-state index contributed by atoms with van der Waals surface area (Å²) in [6, 6.07) is 10.5. The number of methoxy groups -OCH3 is 1. The molecular weight excluding hydrogens is 336 g/mol. The molecule has 0 spiro atoms. The highest BCUT2D eigenvalue weighted by atomic mass is 16.5. The van der Waals surface area contributed by atoms with Crippen LogP contribution in [0.3, 0.4) is 0 Å². The Labute approximate surface area is 148 Å². The molecular formula is C18H14N4O4. The Morgan fingerprint density at radius 1 is 1.38 bits per heavy atom. The molecule has 26 heavy (non-hydrogen) atoms. The number of hydrogen-bond donors (Lipinski definition) is 0. The number of benzene rings is 1. The first-order valence-electron chi connectivity index (χ1n) is 7.65. The fourth-order valence-corrected chi connectivity index (χ4v) is 2.46. The van der Waals surface area contributed by atoms with E-state index in [1.165, 1.54) is 23.9 Å². The number of aromatic nitrogens is 3. The third-order valence-corrected chi connectivity index (χ3v) is 3.79. The van der Waals surface area contributed by atoms with Crippen LogP contribution < -0.4 is 5.56 Å². The van der Waals surface area contributed by atoms with E-state index >= 15 is 0 Å². The lowest BCUT2D eigenvalue weighted by Gasteiger charge is -2.06. The largest absolute Gasteiger partial charge is 0.465 e. The molecule has 0 aliphatic rings. The van der Waals surface area contributed by atoms with Gasteiger partial charge < -0.3 is 13.8 Å². The van der Waals surface area contributed by atoms with Crippen LogP contribution in [0.1, 0.15) is 27.4 Å². The number of nitrogens with zero attached hydrogens (tertiary/aromatic N) is 4. The molecule has 0 bridgehead atoms. The maximum atomic E-state index is 12.3. The maximum Gasteiger partial charge on any atom is 0.339 e. The monoisotopic (exact) mass is 350 g/mol. The van der Waals surface area contributed by atoms with Crippen molar-refractivity contribution in [2.75, 3.05) is 7.11 Å². The number of pyridine rings is 1. The van der Waals surface area contributed by atoms with E-state index in [1.807, 2.05) is 31.2 Å². The van der Waals surface area contributed by atoms with Crippen molar-refractivity contribution in [2.45, 2.75) is 13.5 Å². The zero-order chi connectivity index (χ0) is 18.7. The molecule has 8 heteroatoms. The standard InChI is InChI=1S/C18H14N4O4/c1-11-5-3-4-6-14(11)16-20-15(26-21-16)10-22-9-13(18(24)25-2)7-12(8-19)17(22)23/h3-7,9H,10H2,1-2H3. The van der Waals surface area contributed by atoms with Crippen LogP contribution in [0.2, 0.25) is 0 Å². The molecule has 2 aromatic heterocycles. The summed E-state index contributed by atoms with van der Waals surface area (Å²) in [5, 5.41) is 13.0. The van der Waals surface area contributed by atoms with Crippen molar-refractivity contribution in [3.8, 4) is 17.5 Å². The highest BCUT2D eigenvalue weighted by Crippen LogP contribution is 2.20. The van der Waals surface area contributed by atoms with E-state index in [9.17, 15) is 9.59 Å². The van der Waals surface area contributed by atoms with Gasteiger partial charge in [0.25, 0.3) is 5.56 Å². The minimum absolute atomic E-state index is 0.0722. The average Bonchev–Trinajstić information content (AvgIpc) is 3.11. The van der Waals surface area contributed by atoms with Gasteiger partial charge in [0.15, 0.2) is 0 Å². The van der Waals surface area contributed by atoms with Crippen molar-refractivity contribution in [2.24, 2.45) is 0 Å². The summed E-state index contributed by atoms with van der Waals surface area (Å²) in [6.07, 6.45) is 1.30. The van der Waals surface area contributed by atoms with E-state index in [0.717, 1.165) is 11.1 Å². The van der Waals surface area contributed by atoms with Gasteiger partial charge in [0.05, 0.1) is 12.7 Å². The molecule has 0 amide bonds. The highest BCUT2D eigenvalue weighted by molar-refractivity contribution is 5.89. The molecule has 8 nitrogen and oxygen atoms in total.